The molecule has 4 nitrogen and oxygen atoms in total. The van der Waals surface area contributed by atoms with E-state index in [1.807, 2.05) is 24.3 Å². The molecule has 0 radical (unpaired) electrons. The standard InChI is InChI=1S/C20H21F3N4/c21-20(22,23)16-8-6-15(7-9-16)14-26-10-3-11-27(13-12-26)19-24-17-4-1-2-5-18(17)25-19/h1-2,4-9H,3,10-14H2,(H,24,25). The predicted molar refractivity (Wildman–Crippen MR) is 99.6 cm³/mol. The first-order valence-corrected chi connectivity index (χ1v) is 9.07. The summed E-state index contributed by atoms with van der Waals surface area (Å²) in [7, 11) is 0. The molecule has 0 atom stereocenters. The Morgan fingerprint density at radius 2 is 1.70 bits per heavy atom. The van der Waals surface area contributed by atoms with Gasteiger partial charge in [-0.25, -0.2) is 4.98 Å². The Bertz CT molecular complexity index is 868. The number of hydrogen-bond donors (Lipinski definition) is 1. The lowest BCUT2D eigenvalue weighted by Crippen LogP contribution is -2.31. The first kappa shape index (κ1) is 17.9. The van der Waals surface area contributed by atoms with Gasteiger partial charge in [-0.2, -0.15) is 13.2 Å². The minimum absolute atomic E-state index is 0.599. The molecule has 1 aliphatic heterocycles. The van der Waals surface area contributed by atoms with Gasteiger partial charge in [-0.1, -0.05) is 24.3 Å². The second kappa shape index (κ2) is 7.23. The van der Waals surface area contributed by atoms with Gasteiger partial charge in [-0.15, -0.1) is 0 Å². The Labute approximate surface area is 155 Å². The van der Waals surface area contributed by atoms with Crippen molar-refractivity contribution in [2.75, 3.05) is 31.1 Å². The normalized spacial score (nSPS) is 16.6. The highest BCUT2D eigenvalue weighted by atomic mass is 19.4. The van der Waals surface area contributed by atoms with Crippen molar-refractivity contribution in [2.24, 2.45) is 0 Å². The maximum atomic E-state index is 12.7. The maximum absolute atomic E-state index is 12.7. The molecule has 1 saturated heterocycles. The molecule has 1 N–H and O–H groups in total. The molecule has 27 heavy (non-hydrogen) atoms. The van der Waals surface area contributed by atoms with Gasteiger partial charge in [0.25, 0.3) is 0 Å². The number of imidazole rings is 1. The van der Waals surface area contributed by atoms with Gasteiger partial charge in [0.2, 0.25) is 5.95 Å². The van der Waals surface area contributed by atoms with Crippen LogP contribution in [-0.4, -0.2) is 41.0 Å². The van der Waals surface area contributed by atoms with E-state index in [9.17, 15) is 13.2 Å². The SMILES string of the molecule is FC(F)(F)c1ccc(CN2CCCN(c3nc4ccccc4[nH]3)CC2)cc1. The Kier molecular flexibility index (Phi) is 4.78. The molecule has 2 heterocycles. The summed E-state index contributed by atoms with van der Waals surface area (Å²) in [6.07, 6.45) is -3.30. The number of alkyl halides is 3. The van der Waals surface area contributed by atoms with Crippen LogP contribution in [0.25, 0.3) is 11.0 Å². The summed E-state index contributed by atoms with van der Waals surface area (Å²) in [5.41, 5.74) is 2.29. The second-order valence-corrected chi connectivity index (χ2v) is 6.89. The largest absolute Gasteiger partial charge is 0.416 e. The van der Waals surface area contributed by atoms with Gasteiger partial charge >= 0.3 is 6.18 Å². The topological polar surface area (TPSA) is 35.2 Å². The molecule has 7 heteroatoms. The number of H-pyrrole nitrogens is 1. The first-order chi connectivity index (χ1) is 13.0. The number of halogens is 3. The van der Waals surface area contributed by atoms with Crippen molar-refractivity contribution in [1.29, 1.82) is 0 Å². The van der Waals surface area contributed by atoms with Gasteiger partial charge in [0, 0.05) is 32.7 Å². The second-order valence-electron chi connectivity index (χ2n) is 6.89. The fourth-order valence-corrected chi connectivity index (χ4v) is 3.49. The van der Waals surface area contributed by atoms with E-state index in [1.54, 1.807) is 12.1 Å². The van der Waals surface area contributed by atoms with Crippen LogP contribution in [0.5, 0.6) is 0 Å². The number of anilines is 1. The Morgan fingerprint density at radius 3 is 2.44 bits per heavy atom. The average molecular weight is 374 g/mol. The van der Waals surface area contributed by atoms with E-state index >= 15 is 0 Å². The number of aromatic nitrogens is 2. The van der Waals surface area contributed by atoms with Crippen molar-refractivity contribution in [3.63, 3.8) is 0 Å². The molecule has 1 fully saturated rings. The molecule has 142 valence electrons. The third-order valence-electron chi connectivity index (χ3n) is 4.95. The number of benzene rings is 2. The summed E-state index contributed by atoms with van der Waals surface area (Å²) in [5, 5.41) is 0. The third-order valence-corrected chi connectivity index (χ3v) is 4.95. The van der Waals surface area contributed by atoms with E-state index < -0.39 is 11.7 Å². The highest BCUT2D eigenvalue weighted by Gasteiger charge is 2.30. The summed E-state index contributed by atoms with van der Waals surface area (Å²) in [6.45, 7) is 4.16. The zero-order chi connectivity index (χ0) is 18.9. The molecule has 0 spiro atoms. The Balaban J connectivity index is 1.39. The monoisotopic (exact) mass is 374 g/mol. The molecule has 1 aliphatic rings. The van der Waals surface area contributed by atoms with Gasteiger partial charge < -0.3 is 9.88 Å². The van der Waals surface area contributed by atoms with E-state index in [4.69, 9.17) is 0 Å². The summed E-state index contributed by atoms with van der Waals surface area (Å²) >= 11 is 0. The van der Waals surface area contributed by atoms with Crippen LogP contribution in [0.4, 0.5) is 19.1 Å². The van der Waals surface area contributed by atoms with Crippen molar-refractivity contribution >= 4 is 17.0 Å². The smallest absolute Gasteiger partial charge is 0.341 e. The van der Waals surface area contributed by atoms with Crippen LogP contribution in [0.15, 0.2) is 48.5 Å². The molecule has 4 rings (SSSR count). The molecule has 2 aromatic carbocycles. The summed E-state index contributed by atoms with van der Waals surface area (Å²) in [4.78, 5) is 12.6. The first-order valence-electron chi connectivity index (χ1n) is 9.07. The summed E-state index contributed by atoms with van der Waals surface area (Å²) in [5.74, 6) is 0.882. The van der Waals surface area contributed by atoms with Crippen LogP contribution in [-0.2, 0) is 12.7 Å². The number of aromatic amines is 1. The minimum Gasteiger partial charge on any atom is -0.341 e. The highest BCUT2D eigenvalue weighted by Crippen LogP contribution is 2.29. The van der Waals surface area contributed by atoms with Crippen molar-refractivity contribution < 1.29 is 13.2 Å². The number of rotatable bonds is 3. The average Bonchev–Trinajstić information content (AvgIpc) is 2.94. The molecule has 0 bridgehead atoms. The summed E-state index contributed by atoms with van der Waals surface area (Å²) < 4.78 is 38.1. The van der Waals surface area contributed by atoms with Gasteiger partial charge in [0.1, 0.15) is 0 Å². The molecular weight excluding hydrogens is 353 g/mol. The van der Waals surface area contributed by atoms with Crippen molar-refractivity contribution in [2.45, 2.75) is 19.1 Å². The number of nitrogens with zero attached hydrogens (tertiary/aromatic N) is 3. The number of para-hydroxylation sites is 2. The van der Waals surface area contributed by atoms with Gasteiger partial charge in [-0.05, 0) is 36.2 Å². The lowest BCUT2D eigenvalue weighted by atomic mass is 10.1. The fourth-order valence-electron chi connectivity index (χ4n) is 3.49. The Hall–Kier alpha value is -2.54. The molecule has 0 amide bonds. The number of fused-ring (bicyclic) bond motifs is 1. The predicted octanol–water partition coefficient (Wildman–Crippen LogP) is 4.29. The molecule has 0 saturated carbocycles. The van der Waals surface area contributed by atoms with E-state index in [-0.39, 0.29) is 0 Å². The zero-order valence-electron chi connectivity index (χ0n) is 14.8. The van der Waals surface area contributed by atoms with Gasteiger partial charge in [-0.3, -0.25) is 4.90 Å². The zero-order valence-corrected chi connectivity index (χ0v) is 14.8. The third kappa shape index (κ3) is 4.08. The molecule has 1 aromatic heterocycles. The van der Waals surface area contributed by atoms with Crippen molar-refractivity contribution in [3.8, 4) is 0 Å². The molecule has 0 aliphatic carbocycles. The van der Waals surface area contributed by atoms with Crippen LogP contribution >= 0.6 is 0 Å². The maximum Gasteiger partial charge on any atom is 0.416 e. The van der Waals surface area contributed by atoms with Crippen molar-refractivity contribution in [1.82, 2.24) is 14.9 Å². The van der Waals surface area contributed by atoms with Crippen LogP contribution in [0, 0.1) is 0 Å². The minimum atomic E-state index is -4.28. The van der Waals surface area contributed by atoms with E-state index in [0.717, 1.165) is 67.3 Å². The van der Waals surface area contributed by atoms with E-state index in [2.05, 4.69) is 19.8 Å². The summed E-state index contributed by atoms with van der Waals surface area (Å²) in [6, 6.07) is 13.4. The van der Waals surface area contributed by atoms with Crippen LogP contribution in [0.2, 0.25) is 0 Å². The van der Waals surface area contributed by atoms with Crippen molar-refractivity contribution in [3.05, 3.63) is 59.7 Å². The lowest BCUT2D eigenvalue weighted by Gasteiger charge is -2.21. The van der Waals surface area contributed by atoms with E-state index in [0.29, 0.717) is 6.54 Å². The van der Waals surface area contributed by atoms with E-state index in [1.165, 1.54) is 0 Å². The lowest BCUT2D eigenvalue weighted by molar-refractivity contribution is -0.137. The van der Waals surface area contributed by atoms with Crippen LogP contribution in [0.3, 0.4) is 0 Å². The highest BCUT2D eigenvalue weighted by molar-refractivity contribution is 5.77. The van der Waals surface area contributed by atoms with Gasteiger partial charge in [0.15, 0.2) is 0 Å². The van der Waals surface area contributed by atoms with Crippen LogP contribution < -0.4 is 4.90 Å². The molecular formula is C20H21F3N4. The Morgan fingerprint density at radius 1 is 0.926 bits per heavy atom. The van der Waals surface area contributed by atoms with Gasteiger partial charge in [0.05, 0.1) is 16.6 Å². The quantitative estimate of drug-likeness (QED) is 0.743. The molecule has 0 unspecified atom stereocenters. The number of hydrogen-bond acceptors (Lipinski definition) is 3. The fraction of sp³-hybridized carbons (Fsp3) is 0.350. The van der Waals surface area contributed by atoms with Crippen LogP contribution in [0.1, 0.15) is 17.5 Å². The number of nitrogens with one attached hydrogen (secondary N) is 1. The molecule has 3 aromatic rings.